The van der Waals surface area contributed by atoms with Crippen molar-refractivity contribution in [2.24, 2.45) is 0 Å². The van der Waals surface area contributed by atoms with E-state index in [1.54, 1.807) is 24.3 Å². The molecule has 0 bridgehead atoms. The second-order valence-electron chi connectivity index (χ2n) is 7.63. The van der Waals surface area contributed by atoms with E-state index in [1.807, 2.05) is 30.3 Å². The Kier molecular flexibility index (Phi) is 6.02. The first-order valence-electron chi connectivity index (χ1n) is 10.6. The maximum absolute atomic E-state index is 13.0. The van der Waals surface area contributed by atoms with Gasteiger partial charge in [-0.3, -0.25) is 9.59 Å². The van der Waals surface area contributed by atoms with Gasteiger partial charge in [-0.1, -0.05) is 60.3 Å². The van der Waals surface area contributed by atoms with Gasteiger partial charge >= 0.3 is 0 Å². The van der Waals surface area contributed by atoms with Gasteiger partial charge in [0, 0.05) is 11.5 Å². The van der Waals surface area contributed by atoms with E-state index < -0.39 is 0 Å². The number of aromatic nitrogens is 4. The van der Waals surface area contributed by atoms with E-state index >= 15 is 0 Å². The minimum absolute atomic E-state index is 0.0678. The fourth-order valence-corrected chi connectivity index (χ4v) is 4.23. The summed E-state index contributed by atoms with van der Waals surface area (Å²) in [5.74, 6) is -0.765. The van der Waals surface area contributed by atoms with Gasteiger partial charge in [0.1, 0.15) is 11.5 Å². The molecule has 0 aliphatic carbocycles. The first kappa shape index (κ1) is 22.4. The molecule has 9 nitrogen and oxygen atoms in total. The SMILES string of the molecule is O=C(CSc1nnc(-c2nn(Cc3ccccc3)c(=O)c3ccccc23)o1)c1ccc(O)cc1O. The summed E-state index contributed by atoms with van der Waals surface area (Å²) in [6.07, 6.45) is 0. The number of carbonyl (C=O) groups is 1. The quantitative estimate of drug-likeness (QED) is 0.260. The van der Waals surface area contributed by atoms with Crippen molar-refractivity contribution in [1.82, 2.24) is 20.0 Å². The number of aromatic hydroxyl groups is 2. The standard InChI is InChI=1S/C25H18N4O5S/c30-16-10-11-19(20(31)12-16)21(32)14-35-25-27-26-23(34-25)22-17-8-4-5-9-18(17)24(33)29(28-22)13-15-6-2-1-3-7-15/h1-12,30-31H,13-14H2. The van der Waals surface area contributed by atoms with Crippen molar-refractivity contribution < 1.29 is 19.4 Å². The molecule has 0 atom stereocenters. The summed E-state index contributed by atoms with van der Waals surface area (Å²) in [7, 11) is 0. The summed E-state index contributed by atoms with van der Waals surface area (Å²) < 4.78 is 7.13. The number of phenols is 2. The molecule has 174 valence electrons. The van der Waals surface area contributed by atoms with Gasteiger partial charge in [0.25, 0.3) is 16.7 Å². The minimum Gasteiger partial charge on any atom is -0.508 e. The molecule has 2 aromatic heterocycles. The fourth-order valence-electron chi connectivity index (χ4n) is 3.58. The van der Waals surface area contributed by atoms with Crippen LogP contribution < -0.4 is 5.56 Å². The highest BCUT2D eigenvalue weighted by molar-refractivity contribution is 7.99. The number of hydrogen-bond donors (Lipinski definition) is 2. The highest BCUT2D eigenvalue weighted by Gasteiger charge is 2.19. The first-order valence-corrected chi connectivity index (χ1v) is 11.5. The second-order valence-corrected chi connectivity index (χ2v) is 8.56. The maximum Gasteiger partial charge on any atom is 0.277 e. The van der Waals surface area contributed by atoms with Crippen LogP contribution in [-0.2, 0) is 6.54 Å². The summed E-state index contributed by atoms with van der Waals surface area (Å²) in [5.41, 5.74) is 1.12. The number of phenolic OH excluding ortho intramolecular Hbond substituents is 2. The third kappa shape index (κ3) is 4.64. The lowest BCUT2D eigenvalue weighted by Gasteiger charge is -2.09. The van der Waals surface area contributed by atoms with Crippen molar-refractivity contribution in [3.63, 3.8) is 0 Å². The largest absolute Gasteiger partial charge is 0.508 e. The highest BCUT2D eigenvalue weighted by atomic mass is 32.2. The van der Waals surface area contributed by atoms with Crippen LogP contribution in [0.4, 0.5) is 0 Å². The smallest absolute Gasteiger partial charge is 0.277 e. The van der Waals surface area contributed by atoms with Crippen LogP contribution in [0.15, 0.2) is 87.2 Å². The lowest BCUT2D eigenvalue weighted by molar-refractivity contribution is 0.101. The van der Waals surface area contributed by atoms with E-state index in [9.17, 15) is 19.8 Å². The van der Waals surface area contributed by atoms with Crippen LogP contribution in [0.25, 0.3) is 22.4 Å². The fraction of sp³-hybridized carbons (Fsp3) is 0.0800. The van der Waals surface area contributed by atoms with Crippen LogP contribution in [0.3, 0.4) is 0 Å². The summed E-state index contributed by atoms with van der Waals surface area (Å²) in [6.45, 7) is 0.276. The van der Waals surface area contributed by atoms with Crippen molar-refractivity contribution in [3.05, 3.63) is 94.3 Å². The molecule has 0 aliphatic heterocycles. The van der Waals surface area contributed by atoms with Crippen molar-refractivity contribution in [2.75, 3.05) is 5.75 Å². The summed E-state index contributed by atoms with van der Waals surface area (Å²) in [4.78, 5) is 25.5. The number of ketones is 1. The van der Waals surface area contributed by atoms with Gasteiger partial charge in [0.15, 0.2) is 11.5 Å². The van der Waals surface area contributed by atoms with E-state index in [1.165, 1.54) is 16.8 Å². The second kappa shape index (κ2) is 9.43. The predicted octanol–water partition coefficient (Wildman–Crippen LogP) is 3.88. The molecule has 0 saturated carbocycles. The Hall–Kier alpha value is -4.44. The van der Waals surface area contributed by atoms with E-state index in [2.05, 4.69) is 15.3 Å². The van der Waals surface area contributed by atoms with Crippen molar-refractivity contribution in [3.8, 4) is 23.1 Å². The highest BCUT2D eigenvalue weighted by Crippen LogP contribution is 2.28. The topological polar surface area (TPSA) is 131 Å². The average molecular weight is 487 g/mol. The summed E-state index contributed by atoms with van der Waals surface area (Å²) >= 11 is 1.01. The third-order valence-corrected chi connectivity index (χ3v) is 6.08. The number of thioether (sulfide) groups is 1. The molecule has 0 radical (unpaired) electrons. The van der Waals surface area contributed by atoms with Crippen molar-refractivity contribution in [2.45, 2.75) is 11.8 Å². The average Bonchev–Trinajstić information content (AvgIpc) is 3.34. The minimum atomic E-state index is -0.368. The number of hydrogen-bond acceptors (Lipinski definition) is 9. The van der Waals surface area contributed by atoms with Gasteiger partial charge < -0.3 is 14.6 Å². The number of benzene rings is 3. The zero-order valence-electron chi connectivity index (χ0n) is 18.2. The monoisotopic (exact) mass is 486 g/mol. The Morgan fingerprint density at radius 2 is 1.69 bits per heavy atom. The van der Waals surface area contributed by atoms with Gasteiger partial charge in [-0.2, -0.15) is 5.10 Å². The van der Waals surface area contributed by atoms with Crippen LogP contribution in [0.2, 0.25) is 0 Å². The predicted molar refractivity (Wildman–Crippen MR) is 130 cm³/mol. The molecule has 0 amide bonds. The molecular weight excluding hydrogens is 468 g/mol. The molecule has 2 N–H and O–H groups in total. The molecule has 2 heterocycles. The molecule has 0 saturated heterocycles. The van der Waals surface area contributed by atoms with Gasteiger partial charge in [-0.05, 0) is 23.8 Å². The van der Waals surface area contributed by atoms with E-state index in [0.29, 0.717) is 16.5 Å². The Balaban J connectivity index is 1.44. The van der Waals surface area contributed by atoms with Gasteiger partial charge in [0.05, 0.1) is 23.2 Å². The van der Waals surface area contributed by atoms with Crippen molar-refractivity contribution >= 4 is 28.3 Å². The number of nitrogens with zero attached hydrogens (tertiary/aromatic N) is 4. The lowest BCUT2D eigenvalue weighted by atomic mass is 10.1. The van der Waals surface area contributed by atoms with Crippen LogP contribution in [-0.4, -0.2) is 41.7 Å². The Morgan fingerprint density at radius 3 is 2.46 bits per heavy atom. The van der Waals surface area contributed by atoms with Crippen LogP contribution in [0.5, 0.6) is 11.5 Å². The molecule has 10 heteroatoms. The molecular formula is C25H18N4O5S. The lowest BCUT2D eigenvalue weighted by Crippen LogP contribution is -2.24. The Bertz CT molecular complexity index is 1600. The number of rotatable bonds is 7. The third-order valence-electron chi connectivity index (χ3n) is 5.26. The number of Topliss-reactive ketones (excluding diaryl/α,β-unsaturated/α-hetero) is 1. The van der Waals surface area contributed by atoms with Crippen LogP contribution in [0, 0.1) is 0 Å². The van der Waals surface area contributed by atoms with Gasteiger partial charge in [-0.15, -0.1) is 10.2 Å². The van der Waals surface area contributed by atoms with E-state index in [0.717, 1.165) is 23.4 Å². The van der Waals surface area contributed by atoms with E-state index in [4.69, 9.17) is 4.42 Å². The molecule has 3 aromatic carbocycles. The molecule has 0 fully saturated rings. The normalized spacial score (nSPS) is 11.1. The molecule has 5 rings (SSSR count). The number of carbonyl (C=O) groups excluding carboxylic acids is 1. The molecule has 35 heavy (non-hydrogen) atoms. The molecule has 0 aliphatic rings. The van der Waals surface area contributed by atoms with Gasteiger partial charge in [0.2, 0.25) is 0 Å². The molecule has 0 spiro atoms. The summed E-state index contributed by atoms with van der Waals surface area (Å²) in [6, 6.07) is 20.3. The zero-order valence-corrected chi connectivity index (χ0v) is 19.0. The zero-order chi connectivity index (χ0) is 24.4. The number of fused-ring (bicyclic) bond motifs is 1. The first-order chi connectivity index (χ1) is 17.0. The molecule has 5 aromatic rings. The summed E-state index contributed by atoms with van der Waals surface area (Å²) in [5, 5.41) is 33.1. The molecule has 0 unspecified atom stereocenters. The van der Waals surface area contributed by atoms with E-state index in [-0.39, 0.29) is 51.8 Å². The van der Waals surface area contributed by atoms with Crippen LogP contribution in [0.1, 0.15) is 15.9 Å². The van der Waals surface area contributed by atoms with Gasteiger partial charge in [-0.25, -0.2) is 4.68 Å². The van der Waals surface area contributed by atoms with Crippen molar-refractivity contribution in [1.29, 1.82) is 0 Å². The maximum atomic E-state index is 13.0. The van der Waals surface area contributed by atoms with Crippen LogP contribution >= 0.6 is 11.8 Å². The Morgan fingerprint density at radius 1 is 0.943 bits per heavy atom. The Labute approximate surface area is 202 Å².